The third-order valence-corrected chi connectivity index (χ3v) is 3.64. The van der Waals surface area contributed by atoms with E-state index in [-0.39, 0.29) is 6.04 Å². The summed E-state index contributed by atoms with van der Waals surface area (Å²) in [6.45, 7) is 7.29. The van der Waals surface area contributed by atoms with E-state index in [9.17, 15) is 4.79 Å². The Morgan fingerprint density at radius 1 is 1.29 bits per heavy atom. The molecule has 0 aromatic heterocycles. The second kappa shape index (κ2) is 5.01. The first kappa shape index (κ1) is 12.3. The van der Waals surface area contributed by atoms with Crippen molar-refractivity contribution in [2.24, 2.45) is 0 Å². The fraction of sp³-hybridized carbons (Fsp3) is 0.533. The smallest absolute Gasteiger partial charge is 0.154 e. The molecule has 1 aromatic carbocycles. The number of aryl methyl sites for hydroxylation is 3. The first-order chi connectivity index (χ1) is 8.08. The molecule has 1 N–H and O–H groups in total. The van der Waals surface area contributed by atoms with Crippen molar-refractivity contribution in [1.29, 1.82) is 0 Å². The first-order valence-electron chi connectivity index (χ1n) is 6.41. The lowest BCUT2D eigenvalue weighted by Crippen LogP contribution is -2.32. The van der Waals surface area contributed by atoms with E-state index in [4.69, 9.17) is 0 Å². The van der Waals surface area contributed by atoms with E-state index in [1.54, 1.807) is 0 Å². The molecule has 1 aliphatic heterocycles. The maximum absolute atomic E-state index is 12.1. The standard InChI is InChI=1S/C15H21NO/c1-10-7-11(2)13(12(3)8-10)9-15(17)14-5-4-6-16-14/h7-8,14,16H,4-6,9H2,1-3H3. The Morgan fingerprint density at radius 3 is 2.47 bits per heavy atom. The zero-order valence-electron chi connectivity index (χ0n) is 11.0. The van der Waals surface area contributed by atoms with Crippen LogP contribution in [-0.2, 0) is 11.2 Å². The molecule has 1 fully saturated rings. The van der Waals surface area contributed by atoms with Gasteiger partial charge in [0.05, 0.1) is 6.04 Å². The van der Waals surface area contributed by atoms with E-state index in [0.717, 1.165) is 19.4 Å². The molecular formula is C15H21NO. The van der Waals surface area contributed by atoms with Crippen molar-refractivity contribution in [3.05, 3.63) is 34.4 Å². The number of carbonyl (C=O) groups excluding carboxylic acids is 1. The maximum Gasteiger partial charge on any atom is 0.154 e. The largest absolute Gasteiger partial charge is 0.307 e. The van der Waals surface area contributed by atoms with Crippen molar-refractivity contribution in [3.63, 3.8) is 0 Å². The number of nitrogens with one attached hydrogen (secondary N) is 1. The summed E-state index contributed by atoms with van der Waals surface area (Å²) in [5.74, 6) is 0.345. The summed E-state index contributed by atoms with van der Waals surface area (Å²) in [7, 11) is 0. The van der Waals surface area contributed by atoms with Crippen LogP contribution in [0.15, 0.2) is 12.1 Å². The number of hydrogen-bond acceptors (Lipinski definition) is 2. The maximum atomic E-state index is 12.1. The number of hydrogen-bond donors (Lipinski definition) is 1. The van der Waals surface area contributed by atoms with Crippen LogP contribution < -0.4 is 5.32 Å². The Bertz CT molecular complexity index is 408. The fourth-order valence-corrected chi connectivity index (χ4v) is 2.75. The highest BCUT2D eigenvalue weighted by Crippen LogP contribution is 2.19. The van der Waals surface area contributed by atoms with Crippen LogP contribution in [0, 0.1) is 20.8 Å². The van der Waals surface area contributed by atoms with Gasteiger partial charge in [0.1, 0.15) is 0 Å². The molecule has 0 radical (unpaired) electrons. The van der Waals surface area contributed by atoms with Gasteiger partial charge in [-0.15, -0.1) is 0 Å². The highest BCUT2D eigenvalue weighted by Gasteiger charge is 2.22. The minimum absolute atomic E-state index is 0.0927. The van der Waals surface area contributed by atoms with E-state index in [0.29, 0.717) is 12.2 Å². The van der Waals surface area contributed by atoms with E-state index in [1.807, 2.05) is 0 Å². The van der Waals surface area contributed by atoms with Crippen LogP contribution in [0.2, 0.25) is 0 Å². The lowest BCUT2D eigenvalue weighted by molar-refractivity contribution is -0.120. The molecule has 2 nitrogen and oxygen atoms in total. The zero-order valence-corrected chi connectivity index (χ0v) is 11.0. The SMILES string of the molecule is Cc1cc(C)c(CC(=O)C2CCCN2)c(C)c1. The van der Waals surface area contributed by atoms with Gasteiger partial charge in [0.15, 0.2) is 5.78 Å². The van der Waals surface area contributed by atoms with Crippen molar-refractivity contribution >= 4 is 5.78 Å². The van der Waals surface area contributed by atoms with Gasteiger partial charge < -0.3 is 5.32 Å². The van der Waals surface area contributed by atoms with Crippen LogP contribution in [0.25, 0.3) is 0 Å². The molecule has 1 unspecified atom stereocenters. The second-order valence-corrected chi connectivity index (χ2v) is 5.17. The number of benzene rings is 1. The van der Waals surface area contributed by atoms with E-state index in [1.165, 1.54) is 22.3 Å². The van der Waals surface area contributed by atoms with Gasteiger partial charge in [-0.05, 0) is 56.8 Å². The van der Waals surface area contributed by atoms with Crippen LogP contribution in [0.4, 0.5) is 0 Å². The molecule has 2 heteroatoms. The highest BCUT2D eigenvalue weighted by atomic mass is 16.1. The van der Waals surface area contributed by atoms with Crippen molar-refractivity contribution in [1.82, 2.24) is 5.32 Å². The topological polar surface area (TPSA) is 29.1 Å². The summed E-state index contributed by atoms with van der Waals surface area (Å²) in [4.78, 5) is 12.1. The number of carbonyl (C=O) groups is 1. The summed E-state index contributed by atoms with van der Waals surface area (Å²) >= 11 is 0. The number of Topliss-reactive ketones (excluding diaryl/α,β-unsaturated/α-hetero) is 1. The van der Waals surface area contributed by atoms with Crippen LogP contribution in [0.1, 0.15) is 35.1 Å². The van der Waals surface area contributed by atoms with E-state index >= 15 is 0 Å². The second-order valence-electron chi connectivity index (χ2n) is 5.17. The Morgan fingerprint density at radius 2 is 1.94 bits per heavy atom. The van der Waals surface area contributed by atoms with Gasteiger partial charge in [-0.3, -0.25) is 4.79 Å². The van der Waals surface area contributed by atoms with Gasteiger partial charge in [0.2, 0.25) is 0 Å². The fourth-order valence-electron chi connectivity index (χ4n) is 2.75. The normalized spacial score (nSPS) is 19.6. The third kappa shape index (κ3) is 2.75. The van der Waals surface area contributed by atoms with Crippen molar-refractivity contribution in [2.75, 3.05) is 6.54 Å². The molecule has 1 aliphatic rings. The van der Waals surface area contributed by atoms with E-state index < -0.39 is 0 Å². The van der Waals surface area contributed by atoms with E-state index in [2.05, 4.69) is 38.2 Å². The molecule has 0 saturated carbocycles. The minimum Gasteiger partial charge on any atom is -0.307 e. The Labute approximate surface area is 103 Å². The molecule has 0 bridgehead atoms. The Hall–Kier alpha value is -1.15. The Balaban J connectivity index is 2.15. The molecule has 0 amide bonds. The lowest BCUT2D eigenvalue weighted by atomic mass is 9.93. The molecule has 2 rings (SSSR count). The molecule has 1 aromatic rings. The molecule has 17 heavy (non-hydrogen) atoms. The van der Waals surface area contributed by atoms with Crippen molar-refractivity contribution in [2.45, 2.75) is 46.1 Å². The predicted octanol–water partition coefficient (Wildman–Crippen LogP) is 2.48. The Kier molecular flexibility index (Phi) is 3.63. The molecule has 1 atom stereocenters. The molecular weight excluding hydrogens is 210 g/mol. The number of rotatable bonds is 3. The van der Waals surface area contributed by atoms with Gasteiger partial charge in [-0.25, -0.2) is 0 Å². The summed E-state index contributed by atoms with van der Waals surface area (Å²) in [5, 5.41) is 3.28. The zero-order chi connectivity index (χ0) is 12.4. The highest BCUT2D eigenvalue weighted by molar-refractivity contribution is 5.86. The van der Waals surface area contributed by atoms with Crippen LogP contribution in [-0.4, -0.2) is 18.4 Å². The van der Waals surface area contributed by atoms with Gasteiger partial charge >= 0.3 is 0 Å². The van der Waals surface area contributed by atoms with Gasteiger partial charge in [-0.1, -0.05) is 17.7 Å². The molecule has 1 heterocycles. The average Bonchev–Trinajstić information content (AvgIpc) is 2.76. The summed E-state index contributed by atoms with van der Waals surface area (Å²) < 4.78 is 0. The lowest BCUT2D eigenvalue weighted by Gasteiger charge is -2.13. The summed E-state index contributed by atoms with van der Waals surface area (Å²) in [6.07, 6.45) is 2.71. The third-order valence-electron chi connectivity index (χ3n) is 3.64. The van der Waals surface area contributed by atoms with Crippen LogP contribution in [0.3, 0.4) is 0 Å². The van der Waals surface area contributed by atoms with Gasteiger partial charge in [-0.2, -0.15) is 0 Å². The quantitative estimate of drug-likeness (QED) is 0.866. The molecule has 0 aliphatic carbocycles. The number of ketones is 1. The van der Waals surface area contributed by atoms with Gasteiger partial charge in [0.25, 0.3) is 0 Å². The average molecular weight is 231 g/mol. The molecule has 1 saturated heterocycles. The van der Waals surface area contributed by atoms with Crippen molar-refractivity contribution < 1.29 is 4.79 Å². The summed E-state index contributed by atoms with van der Waals surface area (Å²) in [6, 6.07) is 4.42. The first-order valence-corrected chi connectivity index (χ1v) is 6.41. The van der Waals surface area contributed by atoms with Crippen LogP contribution in [0.5, 0.6) is 0 Å². The van der Waals surface area contributed by atoms with Crippen LogP contribution >= 0.6 is 0 Å². The molecule has 92 valence electrons. The minimum atomic E-state index is 0.0927. The predicted molar refractivity (Wildman–Crippen MR) is 70.4 cm³/mol. The molecule has 0 spiro atoms. The summed E-state index contributed by atoms with van der Waals surface area (Å²) in [5.41, 5.74) is 4.98. The van der Waals surface area contributed by atoms with Crippen molar-refractivity contribution in [3.8, 4) is 0 Å². The monoisotopic (exact) mass is 231 g/mol. The van der Waals surface area contributed by atoms with Gasteiger partial charge in [0, 0.05) is 6.42 Å².